The maximum Gasteiger partial charge on any atom is 0.417 e. The number of hydrogen-bond donors (Lipinski definition) is 1. The van der Waals surface area contributed by atoms with Gasteiger partial charge in [0.25, 0.3) is 0 Å². The number of hydrogen-bond acceptors (Lipinski definition) is 6. The minimum Gasteiger partial charge on any atom is -0.357 e. The fraction of sp³-hybridized carbons (Fsp3) is 0.529. The molecular formula is C17H20F3N5O2. The number of rotatable bonds is 5. The van der Waals surface area contributed by atoms with E-state index in [-0.39, 0.29) is 18.4 Å². The highest BCUT2D eigenvalue weighted by atomic mass is 19.4. The van der Waals surface area contributed by atoms with Gasteiger partial charge >= 0.3 is 6.18 Å². The highest BCUT2D eigenvalue weighted by Crippen LogP contribution is 2.30. The number of nitrogens with zero attached hydrogens (tertiary/aromatic N) is 4. The van der Waals surface area contributed by atoms with Crippen molar-refractivity contribution in [1.82, 2.24) is 20.4 Å². The van der Waals surface area contributed by atoms with Gasteiger partial charge < -0.3 is 14.7 Å². The standard InChI is InChI=1S/C17H20F3N5O2/c1-2-15-23-13(24-27-15)10-22-16(26)11-5-7-25(8-6-11)14-4-3-12(9-21-14)17(18,19)20/h3-4,9,11H,2,5-8,10H2,1H3,(H,22,26). The van der Waals surface area contributed by atoms with Gasteiger partial charge in [-0.2, -0.15) is 18.2 Å². The van der Waals surface area contributed by atoms with E-state index in [9.17, 15) is 18.0 Å². The minimum atomic E-state index is -4.40. The van der Waals surface area contributed by atoms with Crippen LogP contribution in [0.1, 0.15) is 37.0 Å². The van der Waals surface area contributed by atoms with Crippen LogP contribution in [0.3, 0.4) is 0 Å². The molecule has 0 unspecified atom stereocenters. The number of aromatic nitrogens is 3. The van der Waals surface area contributed by atoms with Crippen LogP contribution < -0.4 is 10.2 Å². The van der Waals surface area contributed by atoms with Gasteiger partial charge in [-0.3, -0.25) is 4.79 Å². The fourth-order valence-corrected chi connectivity index (χ4v) is 2.93. The molecule has 1 saturated heterocycles. The number of anilines is 1. The second-order valence-corrected chi connectivity index (χ2v) is 6.34. The molecule has 2 aromatic rings. The van der Waals surface area contributed by atoms with E-state index < -0.39 is 11.7 Å². The molecule has 146 valence electrons. The summed E-state index contributed by atoms with van der Waals surface area (Å²) >= 11 is 0. The molecule has 0 bridgehead atoms. The molecule has 7 nitrogen and oxygen atoms in total. The molecule has 10 heteroatoms. The van der Waals surface area contributed by atoms with Crippen LogP contribution in [0.5, 0.6) is 0 Å². The van der Waals surface area contributed by atoms with Crippen molar-refractivity contribution in [2.45, 2.75) is 38.9 Å². The zero-order valence-corrected chi connectivity index (χ0v) is 14.8. The Morgan fingerprint density at radius 1 is 1.33 bits per heavy atom. The lowest BCUT2D eigenvalue weighted by molar-refractivity contribution is -0.137. The molecule has 2 aromatic heterocycles. The van der Waals surface area contributed by atoms with Crippen molar-refractivity contribution < 1.29 is 22.5 Å². The summed E-state index contributed by atoms with van der Waals surface area (Å²) in [5, 5.41) is 6.58. The normalized spacial score (nSPS) is 15.8. The quantitative estimate of drug-likeness (QED) is 0.854. The van der Waals surface area contributed by atoms with Crippen LogP contribution in [0.25, 0.3) is 0 Å². The van der Waals surface area contributed by atoms with Gasteiger partial charge in [0.15, 0.2) is 5.82 Å². The molecule has 0 atom stereocenters. The molecular weight excluding hydrogens is 363 g/mol. The summed E-state index contributed by atoms with van der Waals surface area (Å²) in [5.41, 5.74) is -0.770. The molecule has 0 radical (unpaired) electrons. The molecule has 1 amide bonds. The monoisotopic (exact) mass is 383 g/mol. The smallest absolute Gasteiger partial charge is 0.357 e. The SMILES string of the molecule is CCc1nc(CNC(=O)C2CCN(c3ccc(C(F)(F)F)cn3)CC2)no1. The van der Waals surface area contributed by atoms with Crippen molar-refractivity contribution in [3.05, 3.63) is 35.6 Å². The van der Waals surface area contributed by atoms with Crippen molar-refractivity contribution in [3.8, 4) is 0 Å². The van der Waals surface area contributed by atoms with Crippen molar-refractivity contribution in [2.24, 2.45) is 5.92 Å². The maximum absolute atomic E-state index is 12.6. The molecule has 0 aromatic carbocycles. The third-order valence-corrected chi connectivity index (χ3v) is 4.50. The second kappa shape index (κ2) is 7.93. The second-order valence-electron chi connectivity index (χ2n) is 6.34. The van der Waals surface area contributed by atoms with Crippen LogP contribution in [0, 0.1) is 5.92 Å². The Morgan fingerprint density at radius 2 is 2.07 bits per heavy atom. The Kier molecular flexibility index (Phi) is 5.62. The van der Waals surface area contributed by atoms with E-state index in [0.29, 0.717) is 49.9 Å². The zero-order valence-electron chi connectivity index (χ0n) is 14.8. The van der Waals surface area contributed by atoms with Gasteiger partial charge in [0.2, 0.25) is 11.8 Å². The molecule has 1 aliphatic rings. The van der Waals surface area contributed by atoms with Crippen LogP contribution >= 0.6 is 0 Å². The largest absolute Gasteiger partial charge is 0.417 e. The maximum atomic E-state index is 12.6. The Balaban J connectivity index is 1.48. The van der Waals surface area contributed by atoms with Gasteiger partial charge in [0, 0.05) is 31.6 Å². The zero-order chi connectivity index (χ0) is 19.4. The van der Waals surface area contributed by atoms with E-state index in [1.54, 1.807) is 0 Å². The van der Waals surface area contributed by atoms with Gasteiger partial charge in [-0.1, -0.05) is 12.1 Å². The van der Waals surface area contributed by atoms with Gasteiger partial charge in [0.05, 0.1) is 12.1 Å². The van der Waals surface area contributed by atoms with Gasteiger partial charge in [-0.15, -0.1) is 0 Å². The Bertz CT molecular complexity index is 768. The number of carbonyl (C=O) groups is 1. The number of pyridine rings is 1. The molecule has 1 aliphatic heterocycles. The first kappa shape index (κ1) is 19.1. The molecule has 3 rings (SSSR count). The van der Waals surface area contributed by atoms with E-state index in [2.05, 4.69) is 20.4 Å². The third-order valence-electron chi connectivity index (χ3n) is 4.50. The van der Waals surface area contributed by atoms with E-state index >= 15 is 0 Å². The number of nitrogens with one attached hydrogen (secondary N) is 1. The van der Waals surface area contributed by atoms with Gasteiger partial charge in [-0.25, -0.2) is 4.98 Å². The first-order valence-electron chi connectivity index (χ1n) is 8.74. The highest BCUT2D eigenvalue weighted by Gasteiger charge is 2.31. The van der Waals surface area contributed by atoms with Gasteiger partial charge in [0.1, 0.15) is 5.82 Å². The molecule has 3 heterocycles. The number of amides is 1. The summed E-state index contributed by atoms with van der Waals surface area (Å²) in [6.07, 6.45) is -1.73. The summed E-state index contributed by atoms with van der Waals surface area (Å²) in [5.74, 6) is 1.20. The van der Waals surface area contributed by atoms with Gasteiger partial charge in [-0.05, 0) is 25.0 Å². The lowest BCUT2D eigenvalue weighted by Crippen LogP contribution is -2.40. The van der Waals surface area contributed by atoms with Crippen molar-refractivity contribution in [1.29, 1.82) is 0 Å². The predicted molar refractivity (Wildman–Crippen MR) is 89.7 cm³/mol. The number of carbonyl (C=O) groups excluding carboxylic acids is 1. The average Bonchev–Trinajstić information content (AvgIpc) is 3.14. The predicted octanol–water partition coefficient (Wildman–Crippen LogP) is 2.58. The van der Waals surface area contributed by atoms with Crippen LogP contribution in [0.15, 0.2) is 22.9 Å². The third kappa shape index (κ3) is 4.75. The highest BCUT2D eigenvalue weighted by molar-refractivity contribution is 5.78. The lowest BCUT2D eigenvalue weighted by Gasteiger charge is -2.32. The van der Waals surface area contributed by atoms with E-state index in [4.69, 9.17) is 4.52 Å². The Labute approximate surface area is 154 Å². The molecule has 27 heavy (non-hydrogen) atoms. The first-order chi connectivity index (χ1) is 12.9. The average molecular weight is 383 g/mol. The summed E-state index contributed by atoms with van der Waals surface area (Å²) in [6.45, 7) is 3.22. The Morgan fingerprint density at radius 3 is 2.63 bits per heavy atom. The first-order valence-corrected chi connectivity index (χ1v) is 8.74. The molecule has 1 fully saturated rings. The number of piperidine rings is 1. The fourth-order valence-electron chi connectivity index (χ4n) is 2.93. The number of alkyl halides is 3. The summed E-state index contributed by atoms with van der Waals surface area (Å²) < 4.78 is 42.8. The topological polar surface area (TPSA) is 84.2 Å². The Hall–Kier alpha value is -2.65. The van der Waals surface area contributed by atoms with Crippen LogP contribution in [-0.4, -0.2) is 34.1 Å². The van der Waals surface area contributed by atoms with Crippen molar-refractivity contribution >= 4 is 11.7 Å². The van der Waals surface area contributed by atoms with Crippen LogP contribution in [-0.2, 0) is 23.9 Å². The molecule has 1 N–H and O–H groups in total. The van der Waals surface area contributed by atoms with Crippen molar-refractivity contribution in [2.75, 3.05) is 18.0 Å². The van der Waals surface area contributed by atoms with E-state index in [1.165, 1.54) is 6.07 Å². The number of halogens is 3. The van der Waals surface area contributed by atoms with E-state index in [1.807, 2.05) is 11.8 Å². The summed E-state index contributed by atoms with van der Waals surface area (Å²) in [7, 11) is 0. The van der Waals surface area contributed by atoms with Crippen LogP contribution in [0.2, 0.25) is 0 Å². The summed E-state index contributed by atoms with van der Waals surface area (Å²) in [6, 6.07) is 2.39. The molecule has 0 spiro atoms. The number of aryl methyl sites for hydroxylation is 1. The molecule has 0 aliphatic carbocycles. The van der Waals surface area contributed by atoms with E-state index in [0.717, 1.165) is 12.3 Å². The summed E-state index contributed by atoms with van der Waals surface area (Å²) in [4.78, 5) is 22.2. The van der Waals surface area contributed by atoms with Crippen molar-refractivity contribution in [3.63, 3.8) is 0 Å². The minimum absolute atomic E-state index is 0.0853. The lowest BCUT2D eigenvalue weighted by atomic mass is 9.96. The van der Waals surface area contributed by atoms with Crippen LogP contribution in [0.4, 0.5) is 19.0 Å². The molecule has 0 saturated carbocycles.